The van der Waals surface area contributed by atoms with Gasteiger partial charge in [-0.1, -0.05) is 12.1 Å². The number of amides is 1. The number of carbonyl (C=O) groups excluding carboxylic acids is 1. The standard InChI is InChI=1S/C20H14F4N6O2/c21-13-7-12(4-5-15(13)30-16-14(8-28-30)26-9-27-18(16)25)29-19(32)17(31)10-2-1-3-11(6-10)20(22,23)24/h1-9,17,31H,(H,29,32)(H2,25,26,27). The van der Waals surface area contributed by atoms with Crippen LogP contribution in [0.1, 0.15) is 17.2 Å². The van der Waals surface area contributed by atoms with E-state index in [1.807, 2.05) is 0 Å². The van der Waals surface area contributed by atoms with E-state index >= 15 is 0 Å². The zero-order valence-corrected chi connectivity index (χ0v) is 16.0. The van der Waals surface area contributed by atoms with E-state index in [2.05, 4.69) is 20.4 Å². The molecule has 32 heavy (non-hydrogen) atoms. The van der Waals surface area contributed by atoms with Gasteiger partial charge >= 0.3 is 6.18 Å². The minimum absolute atomic E-state index is 0.00192. The van der Waals surface area contributed by atoms with Crippen LogP contribution in [0.15, 0.2) is 55.0 Å². The summed E-state index contributed by atoms with van der Waals surface area (Å²) < 4.78 is 54.5. The molecule has 0 saturated carbocycles. The van der Waals surface area contributed by atoms with Gasteiger partial charge in [0.15, 0.2) is 17.7 Å². The van der Waals surface area contributed by atoms with E-state index in [-0.39, 0.29) is 22.8 Å². The van der Waals surface area contributed by atoms with E-state index in [0.717, 1.165) is 18.2 Å². The van der Waals surface area contributed by atoms with Gasteiger partial charge in [0.2, 0.25) is 0 Å². The Morgan fingerprint density at radius 1 is 1.16 bits per heavy atom. The lowest BCUT2D eigenvalue weighted by molar-refractivity contribution is -0.138. The average Bonchev–Trinajstić information content (AvgIpc) is 3.18. The number of benzene rings is 2. The van der Waals surface area contributed by atoms with Crippen LogP contribution in [0.2, 0.25) is 0 Å². The Balaban J connectivity index is 1.57. The smallest absolute Gasteiger partial charge is 0.382 e. The van der Waals surface area contributed by atoms with Crippen LogP contribution in [0.4, 0.5) is 29.1 Å². The predicted octanol–water partition coefficient (Wildman–Crippen LogP) is 3.23. The second kappa shape index (κ2) is 7.89. The van der Waals surface area contributed by atoms with Gasteiger partial charge in [0.1, 0.15) is 23.0 Å². The minimum atomic E-state index is -4.63. The van der Waals surface area contributed by atoms with Crippen LogP contribution < -0.4 is 11.1 Å². The molecule has 12 heteroatoms. The largest absolute Gasteiger partial charge is 0.416 e. The molecule has 0 bridgehead atoms. The number of alkyl halides is 3. The molecule has 0 fully saturated rings. The van der Waals surface area contributed by atoms with Crippen molar-refractivity contribution in [1.82, 2.24) is 19.7 Å². The van der Waals surface area contributed by atoms with Crippen molar-refractivity contribution in [3.05, 3.63) is 71.9 Å². The molecule has 1 amide bonds. The first-order valence-corrected chi connectivity index (χ1v) is 9.05. The number of carbonyl (C=O) groups is 1. The van der Waals surface area contributed by atoms with Crippen molar-refractivity contribution in [3.63, 3.8) is 0 Å². The zero-order valence-electron chi connectivity index (χ0n) is 16.0. The number of nitrogen functional groups attached to an aromatic ring is 1. The van der Waals surface area contributed by atoms with Crippen LogP contribution in [0.25, 0.3) is 16.7 Å². The Kier molecular flexibility index (Phi) is 5.22. The number of anilines is 2. The molecule has 4 rings (SSSR count). The van der Waals surface area contributed by atoms with E-state index in [0.29, 0.717) is 17.1 Å². The molecule has 2 aromatic carbocycles. The van der Waals surface area contributed by atoms with Gasteiger partial charge in [-0.3, -0.25) is 4.79 Å². The summed E-state index contributed by atoms with van der Waals surface area (Å²) in [6.45, 7) is 0. The average molecular weight is 446 g/mol. The summed E-state index contributed by atoms with van der Waals surface area (Å²) in [6, 6.07) is 7.36. The van der Waals surface area contributed by atoms with E-state index in [1.165, 1.54) is 35.4 Å². The molecule has 0 radical (unpaired) electrons. The molecule has 0 aliphatic carbocycles. The highest BCUT2D eigenvalue weighted by Gasteiger charge is 2.31. The fraction of sp³-hybridized carbons (Fsp3) is 0.100. The molecule has 2 aromatic heterocycles. The van der Waals surface area contributed by atoms with Crippen molar-refractivity contribution in [3.8, 4) is 5.69 Å². The number of aliphatic hydroxyl groups excluding tert-OH is 1. The predicted molar refractivity (Wildman–Crippen MR) is 106 cm³/mol. The molecule has 0 aliphatic heterocycles. The van der Waals surface area contributed by atoms with Gasteiger partial charge in [-0.15, -0.1) is 0 Å². The lowest BCUT2D eigenvalue weighted by atomic mass is 10.0. The second-order valence-electron chi connectivity index (χ2n) is 6.73. The zero-order chi connectivity index (χ0) is 23.0. The number of halogens is 4. The molecule has 1 atom stereocenters. The first-order valence-electron chi connectivity index (χ1n) is 9.05. The maximum Gasteiger partial charge on any atom is 0.416 e. The number of aliphatic hydroxyl groups is 1. The van der Waals surface area contributed by atoms with Crippen LogP contribution in [0, 0.1) is 5.82 Å². The molecule has 8 nitrogen and oxygen atoms in total. The van der Waals surface area contributed by atoms with Crippen molar-refractivity contribution >= 4 is 28.4 Å². The van der Waals surface area contributed by atoms with Crippen molar-refractivity contribution in [2.75, 3.05) is 11.1 Å². The number of nitrogens with one attached hydrogen (secondary N) is 1. The van der Waals surface area contributed by atoms with E-state index in [4.69, 9.17) is 5.73 Å². The molecular weight excluding hydrogens is 432 g/mol. The number of hydrogen-bond acceptors (Lipinski definition) is 6. The third-order valence-corrected chi connectivity index (χ3v) is 4.61. The Morgan fingerprint density at radius 2 is 1.94 bits per heavy atom. The normalized spacial score (nSPS) is 12.7. The van der Waals surface area contributed by atoms with Gasteiger partial charge in [0.05, 0.1) is 11.8 Å². The lowest BCUT2D eigenvalue weighted by Gasteiger charge is -2.14. The number of rotatable bonds is 4. The van der Waals surface area contributed by atoms with Crippen molar-refractivity contribution in [1.29, 1.82) is 0 Å². The van der Waals surface area contributed by atoms with Gasteiger partial charge in [0.25, 0.3) is 5.91 Å². The molecule has 0 spiro atoms. The minimum Gasteiger partial charge on any atom is -0.382 e. The van der Waals surface area contributed by atoms with Crippen molar-refractivity contribution in [2.24, 2.45) is 0 Å². The number of nitrogens with zero attached hydrogens (tertiary/aromatic N) is 4. The quantitative estimate of drug-likeness (QED) is 0.414. The SMILES string of the molecule is Nc1ncnc2cnn(-c3ccc(NC(=O)C(O)c4cccc(C(F)(F)F)c4)cc3F)c12. The molecular formula is C20H14F4N6O2. The number of hydrogen-bond donors (Lipinski definition) is 3. The van der Waals surface area contributed by atoms with Crippen molar-refractivity contribution < 1.29 is 27.5 Å². The third kappa shape index (κ3) is 3.95. The Morgan fingerprint density at radius 3 is 2.66 bits per heavy atom. The molecule has 0 saturated heterocycles. The summed E-state index contributed by atoms with van der Waals surface area (Å²) in [7, 11) is 0. The van der Waals surface area contributed by atoms with Crippen LogP contribution in [-0.2, 0) is 11.0 Å². The van der Waals surface area contributed by atoms with Crippen LogP contribution in [-0.4, -0.2) is 30.8 Å². The van der Waals surface area contributed by atoms with Gasteiger partial charge in [-0.2, -0.15) is 18.3 Å². The summed E-state index contributed by atoms with van der Waals surface area (Å²) in [5, 5.41) is 16.5. The number of fused-ring (bicyclic) bond motifs is 1. The van der Waals surface area contributed by atoms with Crippen LogP contribution >= 0.6 is 0 Å². The topological polar surface area (TPSA) is 119 Å². The summed E-state index contributed by atoms with van der Waals surface area (Å²) in [5.74, 6) is -1.73. The molecule has 2 heterocycles. The van der Waals surface area contributed by atoms with Crippen LogP contribution in [0.3, 0.4) is 0 Å². The number of aromatic nitrogens is 4. The summed E-state index contributed by atoms with van der Waals surface area (Å²) in [4.78, 5) is 20.1. The highest BCUT2D eigenvalue weighted by molar-refractivity contribution is 5.95. The van der Waals surface area contributed by atoms with Gasteiger partial charge < -0.3 is 16.2 Å². The Labute approximate surface area is 177 Å². The molecule has 4 aromatic rings. The molecule has 1 unspecified atom stereocenters. The Hall–Kier alpha value is -4.06. The van der Waals surface area contributed by atoms with Crippen LogP contribution in [0.5, 0.6) is 0 Å². The van der Waals surface area contributed by atoms with E-state index in [9.17, 15) is 27.5 Å². The highest BCUT2D eigenvalue weighted by atomic mass is 19.4. The van der Waals surface area contributed by atoms with Gasteiger partial charge in [0, 0.05) is 5.69 Å². The fourth-order valence-electron chi connectivity index (χ4n) is 3.07. The van der Waals surface area contributed by atoms with Gasteiger partial charge in [-0.25, -0.2) is 19.0 Å². The number of nitrogens with two attached hydrogens (primary N) is 1. The lowest BCUT2D eigenvalue weighted by Crippen LogP contribution is -2.21. The highest BCUT2D eigenvalue weighted by Crippen LogP contribution is 2.31. The van der Waals surface area contributed by atoms with E-state index in [1.54, 1.807) is 0 Å². The first kappa shape index (κ1) is 21.2. The maximum atomic E-state index is 14.8. The first-order chi connectivity index (χ1) is 15.1. The summed E-state index contributed by atoms with van der Waals surface area (Å²) >= 11 is 0. The van der Waals surface area contributed by atoms with Gasteiger partial charge in [-0.05, 0) is 35.9 Å². The summed E-state index contributed by atoms with van der Waals surface area (Å²) in [6.07, 6.45) is -3.90. The summed E-state index contributed by atoms with van der Waals surface area (Å²) in [5.41, 5.74) is 5.23. The molecule has 4 N–H and O–H groups in total. The second-order valence-corrected chi connectivity index (χ2v) is 6.73. The van der Waals surface area contributed by atoms with E-state index < -0.39 is 29.6 Å². The monoisotopic (exact) mass is 446 g/mol. The molecule has 0 aliphatic rings. The molecule has 164 valence electrons. The maximum absolute atomic E-state index is 14.8. The van der Waals surface area contributed by atoms with Crippen molar-refractivity contribution in [2.45, 2.75) is 12.3 Å². The fourth-order valence-corrected chi connectivity index (χ4v) is 3.07. The Bertz CT molecular complexity index is 1320. The third-order valence-electron chi connectivity index (χ3n) is 4.61.